The van der Waals surface area contributed by atoms with Crippen LogP contribution in [0.25, 0.3) is 10.2 Å². The van der Waals surface area contributed by atoms with Crippen LogP contribution in [0.3, 0.4) is 0 Å². The number of nitrogens with two attached hydrogens (primary N) is 1. The van der Waals surface area contributed by atoms with Gasteiger partial charge < -0.3 is 15.7 Å². The SMILES string of the molecule is CCC(F)(F)c1ccc(CN)cc1.O=C(O)[C@H]1CN(c2nc3cn[nH]c(=O)c3s2)CCN1S(=O)(=O)c1ccc(C(F)(F)F)cc1. The van der Waals surface area contributed by atoms with Crippen LogP contribution in [0.1, 0.15) is 30.0 Å². The van der Waals surface area contributed by atoms with Gasteiger partial charge in [0.05, 0.1) is 16.7 Å². The summed E-state index contributed by atoms with van der Waals surface area (Å²) in [5, 5.41) is 15.9. The summed E-state index contributed by atoms with van der Waals surface area (Å²) in [5.41, 5.74) is 5.14. The van der Waals surface area contributed by atoms with Gasteiger partial charge in [-0.2, -0.15) is 22.6 Å². The van der Waals surface area contributed by atoms with Crippen LogP contribution in [-0.4, -0.2) is 64.7 Å². The quantitative estimate of drug-likeness (QED) is 0.246. The van der Waals surface area contributed by atoms with Crippen LogP contribution >= 0.6 is 11.3 Å². The van der Waals surface area contributed by atoms with Crippen molar-refractivity contribution < 1.29 is 40.3 Å². The van der Waals surface area contributed by atoms with Crippen molar-refractivity contribution in [2.24, 2.45) is 5.73 Å². The van der Waals surface area contributed by atoms with Gasteiger partial charge in [0.2, 0.25) is 10.0 Å². The maximum atomic E-state index is 13.1. The molecule has 0 saturated carbocycles. The highest BCUT2D eigenvalue weighted by atomic mass is 32.2. The highest BCUT2D eigenvalue weighted by Gasteiger charge is 2.41. The average Bonchev–Trinajstić information content (AvgIpc) is 3.47. The minimum Gasteiger partial charge on any atom is -0.480 e. The van der Waals surface area contributed by atoms with Crippen molar-refractivity contribution in [3.05, 3.63) is 81.8 Å². The average molecular weight is 675 g/mol. The van der Waals surface area contributed by atoms with Gasteiger partial charge in [0.25, 0.3) is 11.5 Å². The molecule has 242 valence electrons. The molecule has 45 heavy (non-hydrogen) atoms. The predicted octanol–water partition coefficient (Wildman–Crippen LogP) is 4.01. The van der Waals surface area contributed by atoms with E-state index in [0.717, 1.165) is 33.3 Å². The molecule has 1 fully saturated rings. The number of aromatic nitrogens is 3. The number of fused-ring (bicyclic) bond motifs is 1. The van der Waals surface area contributed by atoms with Crippen LogP contribution in [0, 0.1) is 0 Å². The first kappa shape index (κ1) is 33.9. The lowest BCUT2D eigenvalue weighted by atomic mass is 10.0. The number of carboxylic acid groups (broad SMARTS) is 1. The second-order valence-electron chi connectivity index (χ2n) is 9.81. The van der Waals surface area contributed by atoms with Gasteiger partial charge >= 0.3 is 12.1 Å². The van der Waals surface area contributed by atoms with E-state index >= 15 is 0 Å². The molecule has 4 aromatic rings. The van der Waals surface area contributed by atoms with E-state index in [1.165, 1.54) is 25.3 Å². The molecule has 11 nitrogen and oxygen atoms in total. The molecule has 1 aliphatic heterocycles. The second kappa shape index (κ2) is 13.2. The summed E-state index contributed by atoms with van der Waals surface area (Å²) in [6, 6.07) is 7.50. The first-order valence-electron chi connectivity index (χ1n) is 13.3. The van der Waals surface area contributed by atoms with Gasteiger partial charge in [-0.05, 0) is 29.8 Å². The van der Waals surface area contributed by atoms with Gasteiger partial charge in [0.15, 0.2) is 5.13 Å². The summed E-state index contributed by atoms with van der Waals surface area (Å²) in [4.78, 5) is 29.1. The molecule has 0 amide bonds. The first-order chi connectivity index (χ1) is 21.1. The number of H-pyrrole nitrogens is 1. The molecule has 2 aromatic carbocycles. The van der Waals surface area contributed by atoms with Crippen LogP contribution in [0.5, 0.6) is 0 Å². The minimum atomic E-state index is -4.63. The number of piperazine rings is 1. The van der Waals surface area contributed by atoms with Crippen molar-refractivity contribution in [1.29, 1.82) is 0 Å². The van der Waals surface area contributed by atoms with Gasteiger partial charge in [0.1, 0.15) is 16.3 Å². The van der Waals surface area contributed by atoms with E-state index in [2.05, 4.69) is 15.2 Å². The highest BCUT2D eigenvalue weighted by Crippen LogP contribution is 2.33. The predicted molar refractivity (Wildman–Crippen MR) is 156 cm³/mol. The van der Waals surface area contributed by atoms with Crippen molar-refractivity contribution in [2.75, 3.05) is 24.5 Å². The maximum Gasteiger partial charge on any atom is 0.416 e. The summed E-state index contributed by atoms with van der Waals surface area (Å²) in [7, 11) is -4.38. The Hall–Kier alpha value is -4.00. The van der Waals surface area contributed by atoms with E-state index in [1.54, 1.807) is 17.0 Å². The molecule has 0 aliphatic carbocycles. The molecule has 3 heterocycles. The van der Waals surface area contributed by atoms with Crippen molar-refractivity contribution in [2.45, 2.75) is 42.9 Å². The number of sulfonamides is 1. The molecule has 1 atom stereocenters. The number of nitrogens with zero attached hydrogens (tertiary/aromatic N) is 4. The number of hydrogen-bond donors (Lipinski definition) is 3. The van der Waals surface area contributed by atoms with Gasteiger partial charge in [-0.15, -0.1) is 0 Å². The number of thiazole rings is 1. The Balaban J connectivity index is 0.000000297. The van der Waals surface area contributed by atoms with Crippen LogP contribution in [0.4, 0.5) is 27.1 Å². The molecule has 1 saturated heterocycles. The maximum absolute atomic E-state index is 13.1. The summed E-state index contributed by atoms with van der Waals surface area (Å²) in [6.07, 6.45) is -3.46. The number of benzene rings is 2. The van der Waals surface area contributed by atoms with Crippen LogP contribution in [-0.2, 0) is 33.5 Å². The number of anilines is 1. The van der Waals surface area contributed by atoms with Gasteiger partial charge in [0, 0.05) is 38.2 Å². The number of hydrogen-bond acceptors (Lipinski definition) is 9. The number of carbonyl (C=O) groups is 1. The van der Waals surface area contributed by atoms with E-state index in [1.807, 2.05) is 0 Å². The Labute approximate surface area is 257 Å². The van der Waals surface area contributed by atoms with Crippen molar-refractivity contribution in [1.82, 2.24) is 19.5 Å². The molecule has 4 N–H and O–H groups in total. The lowest BCUT2D eigenvalue weighted by Crippen LogP contribution is -2.58. The molecule has 5 rings (SSSR count). The first-order valence-corrected chi connectivity index (χ1v) is 15.5. The molecule has 0 bridgehead atoms. The van der Waals surface area contributed by atoms with Crippen LogP contribution < -0.4 is 16.2 Å². The molecular formula is C27H27F5N6O5S2. The highest BCUT2D eigenvalue weighted by molar-refractivity contribution is 7.89. The number of rotatable bonds is 7. The van der Waals surface area contributed by atoms with E-state index < -0.39 is 50.2 Å². The van der Waals surface area contributed by atoms with Crippen molar-refractivity contribution in [3.63, 3.8) is 0 Å². The Kier molecular flexibility index (Phi) is 9.91. The Morgan fingerprint density at radius 3 is 2.22 bits per heavy atom. The number of alkyl halides is 5. The third-order valence-electron chi connectivity index (χ3n) is 6.93. The number of aliphatic carboxylic acids is 1. The van der Waals surface area contributed by atoms with E-state index in [9.17, 15) is 45.1 Å². The fourth-order valence-electron chi connectivity index (χ4n) is 4.38. The van der Waals surface area contributed by atoms with Gasteiger partial charge in [-0.3, -0.25) is 9.59 Å². The zero-order valence-corrected chi connectivity index (χ0v) is 25.1. The fraction of sp³-hybridized carbons (Fsp3) is 0.333. The van der Waals surface area contributed by atoms with Crippen molar-refractivity contribution >= 4 is 42.7 Å². The second-order valence-corrected chi connectivity index (χ2v) is 12.7. The summed E-state index contributed by atoms with van der Waals surface area (Å²) >= 11 is 1.02. The smallest absolute Gasteiger partial charge is 0.416 e. The summed E-state index contributed by atoms with van der Waals surface area (Å²) in [6.45, 7) is 1.41. The Morgan fingerprint density at radius 2 is 1.69 bits per heavy atom. The zero-order valence-electron chi connectivity index (χ0n) is 23.5. The normalized spacial score (nSPS) is 16.3. The molecule has 18 heteroatoms. The molecule has 0 unspecified atom stereocenters. The summed E-state index contributed by atoms with van der Waals surface area (Å²) < 4.78 is 91.5. The Bertz CT molecular complexity index is 1810. The lowest BCUT2D eigenvalue weighted by molar-refractivity contribution is -0.141. The van der Waals surface area contributed by atoms with Crippen LogP contribution in [0.2, 0.25) is 0 Å². The molecular weight excluding hydrogens is 647 g/mol. The molecule has 2 aromatic heterocycles. The number of nitrogens with one attached hydrogen (secondary N) is 1. The van der Waals surface area contributed by atoms with Gasteiger partial charge in [-0.25, -0.2) is 27.3 Å². The third kappa shape index (κ3) is 7.46. The fourth-order valence-corrected chi connectivity index (χ4v) is 6.90. The molecule has 0 spiro atoms. The minimum absolute atomic E-state index is 0.0622. The van der Waals surface area contributed by atoms with Crippen LogP contribution in [0.15, 0.2) is 64.4 Å². The topological polar surface area (TPSA) is 163 Å². The van der Waals surface area contributed by atoms with Gasteiger partial charge in [-0.1, -0.05) is 42.5 Å². The summed E-state index contributed by atoms with van der Waals surface area (Å²) in [5.74, 6) is -4.14. The lowest BCUT2D eigenvalue weighted by Gasteiger charge is -2.38. The monoisotopic (exact) mass is 674 g/mol. The molecule has 1 aliphatic rings. The molecule has 0 radical (unpaired) electrons. The largest absolute Gasteiger partial charge is 0.480 e. The standard InChI is InChI=1S/C17H14F3N5O5S2.C10H13F2N/c18-17(19,20)9-1-3-10(4-2-9)32(29,30)25-6-5-24(8-12(25)15(27)28)16-22-11-7-21-23-14(26)13(11)31-16;1-2-10(11,12)9-5-3-8(7-13)4-6-9/h1-4,7,12H,5-6,8H2,(H,23,26)(H,27,28);3-6H,2,7,13H2,1H3/t12-;/m1./s1. The van der Waals surface area contributed by atoms with E-state index in [-0.39, 0.29) is 31.6 Å². The van der Waals surface area contributed by atoms with Crippen molar-refractivity contribution in [3.8, 4) is 0 Å². The number of carboxylic acids is 1. The number of halogens is 5. The zero-order chi connectivity index (χ0) is 33.2. The van der Waals surface area contributed by atoms with E-state index in [4.69, 9.17) is 5.73 Å². The number of aromatic amines is 1. The Morgan fingerprint density at radius 1 is 1.07 bits per heavy atom. The third-order valence-corrected chi connectivity index (χ3v) is 9.99. The van der Waals surface area contributed by atoms with E-state index in [0.29, 0.717) is 34.0 Å².